The zero-order chi connectivity index (χ0) is 31.7. The number of unbranched alkanes of at least 4 members (excludes halogenated alkanes) is 10. The minimum Gasteiger partial charge on any atom is -0.462 e. The third-order valence-corrected chi connectivity index (χ3v) is 13.3. The van der Waals surface area contributed by atoms with Gasteiger partial charge in [0.1, 0.15) is 6.10 Å². The Labute approximate surface area is 273 Å². The second-order valence-corrected chi connectivity index (χ2v) is 16.6. The molecule has 0 aliphatic heterocycles. The number of rotatable bonds is 17. The zero-order valence-corrected chi connectivity index (χ0v) is 30.1. The molecule has 3 saturated carbocycles. The average Bonchev–Trinajstić information content (AvgIpc) is 3.36. The van der Waals surface area contributed by atoms with Crippen molar-refractivity contribution in [3.8, 4) is 0 Å². The van der Waals surface area contributed by atoms with Crippen molar-refractivity contribution in [1.82, 2.24) is 0 Å². The number of fused-ring (bicyclic) bond motifs is 5. The molecule has 8 atom stereocenters. The lowest BCUT2D eigenvalue weighted by molar-refractivity contribution is -0.151. The minimum absolute atomic E-state index is 0.0403. The van der Waals surface area contributed by atoms with Crippen LogP contribution in [0.5, 0.6) is 0 Å². The van der Waals surface area contributed by atoms with E-state index in [0.29, 0.717) is 35.5 Å². The van der Waals surface area contributed by atoms with Gasteiger partial charge < -0.3 is 4.74 Å². The molecular formula is C42H70O2. The summed E-state index contributed by atoms with van der Waals surface area (Å²) < 4.78 is 6.09. The summed E-state index contributed by atoms with van der Waals surface area (Å²) in [4.78, 5) is 12.7. The normalized spacial score (nSPS) is 32.9. The predicted octanol–water partition coefficient (Wildman–Crippen LogP) is 12.6. The van der Waals surface area contributed by atoms with Crippen molar-refractivity contribution in [2.24, 2.45) is 46.3 Å². The molecule has 2 nitrogen and oxygen atoms in total. The zero-order valence-electron chi connectivity index (χ0n) is 30.1. The van der Waals surface area contributed by atoms with Gasteiger partial charge in [-0.25, -0.2) is 0 Å². The summed E-state index contributed by atoms with van der Waals surface area (Å²) in [5.74, 6) is 4.27. The fourth-order valence-electron chi connectivity index (χ4n) is 9.86. The maximum absolute atomic E-state index is 12.7. The molecule has 3 fully saturated rings. The molecule has 250 valence electrons. The Morgan fingerprint density at radius 2 is 1.48 bits per heavy atom. The van der Waals surface area contributed by atoms with Crippen molar-refractivity contribution in [1.29, 1.82) is 0 Å². The molecule has 4 aliphatic carbocycles. The lowest BCUT2D eigenvalue weighted by Crippen LogP contribution is -2.46. The van der Waals surface area contributed by atoms with Gasteiger partial charge in [-0.15, -0.1) is 0 Å². The third kappa shape index (κ3) is 8.53. The lowest BCUT2D eigenvalue weighted by atomic mass is 9.50. The summed E-state index contributed by atoms with van der Waals surface area (Å²) in [5.41, 5.74) is 4.00. The molecule has 0 aromatic carbocycles. The van der Waals surface area contributed by atoms with Gasteiger partial charge in [-0.1, -0.05) is 148 Å². The number of hydrogen-bond acceptors (Lipinski definition) is 2. The van der Waals surface area contributed by atoms with Gasteiger partial charge in [0.2, 0.25) is 0 Å². The van der Waals surface area contributed by atoms with Gasteiger partial charge in [-0.2, -0.15) is 0 Å². The van der Waals surface area contributed by atoms with Gasteiger partial charge in [-0.05, 0) is 91.3 Å². The van der Waals surface area contributed by atoms with Crippen molar-refractivity contribution >= 4 is 5.97 Å². The predicted molar refractivity (Wildman–Crippen MR) is 188 cm³/mol. The number of allylic oxidation sites excluding steroid dienone is 5. The highest BCUT2D eigenvalue weighted by Crippen LogP contribution is 2.66. The SMILES string of the molecule is CCCCCCCCCCCCCC(=O)O[C@H]1CC[C@@]2(C)C(=CC=C3C2CC[C@@]2(C)C3CC[C@@H]2[C@H](C)/C=C/[C@H](C)C(C)C)C1. The van der Waals surface area contributed by atoms with E-state index in [1.807, 2.05) is 0 Å². The Morgan fingerprint density at radius 1 is 0.818 bits per heavy atom. The second-order valence-electron chi connectivity index (χ2n) is 16.6. The van der Waals surface area contributed by atoms with Gasteiger partial charge >= 0.3 is 5.97 Å². The molecule has 0 radical (unpaired) electrons. The Balaban J connectivity index is 1.24. The van der Waals surface area contributed by atoms with Gasteiger partial charge in [-0.3, -0.25) is 4.79 Å². The molecule has 0 N–H and O–H groups in total. The van der Waals surface area contributed by atoms with Crippen LogP contribution in [0.15, 0.2) is 35.5 Å². The molecule has 4 aliphatic rings. The van der Waals surface area contributed by atoms with Crippen LogP contribution >= 0.6 is 0 Å². The minimum atomic E-state index is 0.0403. The molecule has 0 bridgehead atoms. The molecule has 2 heteroatoms. The first kappa shape index (κ1) is 35.5. The van der Waals surface area contributed by atoms with E-state index in [2.05, 4.69) is 72.8 Å². The van der Waals surface area contributed by atoms with Crippen molar-refractivity contribution in [2.45, 2.75) is 177 Å². The molecule has 0 aromatic heterocycles. The van der Waals surface area contributed by atoms with Crippen LogP contribution in [-0.4, -0.2) is 12.1 Å². The van der Waals surface area contributed by atoms with Crippen LogP contribution in [0.4, 0.5) is 0 Å². The van der Waals surface area contributed by atoms with Crippen LogP contribution < -0.4 is 0 Å². The van der Waals surface area contributed by atoms with Crippen LogP contribution in [0.1, 0.15) is 170 Å². The fourth-order valence-corrected chi connectivity index (χ4v) is 9.86. The standard InChI is InChI=1S/C42H70O2/c1-8-9-10-11-12-13-14-15-16-17-18-19-40(43)44-35-26-28-41(6)34(30-35)22-23-36-38-25-24-37(42(38,7)29-27-39(36)41)33(5)21-20-32(4)31(2)3/h20-23,31-33,35,37-39H,8-19,24-30H2,1-7H3/b21-20+/t32-,33+,35-,37+,38?,39?,41-,42+/m0/s1. The van der Waals surface area contributed by atoms with Crippen LogP contribution in [0, 0.1) is 46.3 Å². The lowest BCUT2D eigenvalue weighted by Gasteiger charge is -2.55. The van der Waals surface area contributed by atoms with Gasteiger partial charge in [0, 0.05) is 12.8 Å². The number of carbonyl (C=O) groups excluding carboxylic acids is 1. The van der Waals surface area contributed by atoms with Crippen molar-refractivity contribution in [2.75, 3.05) is 0 Å². The molecule has 0 heterocycles. The van der Waals surface area contributed by atoms with Gasteiger partial charge in [0.25, 0.3) is 0 Å². The number of carbonyl (C=O) groups is 1. The molecule has 0 amide bonds. The Bertz CT molecular complexity index is 1000. The maximum atomic E-state index is 12.7. The highest BCUT2D eigenvalue weighted by atomic mass is 16.5. The summed E-state index contributed by atoms with van der Waals surface area (Å²) in [6.45, 7) is 17.0. The van der Waals surface area contributed by atoms with E-state index < -0.39 is 0 Å². The van der Waals surface area contributed by atoms with Gasteiger partial charge in [0.05, 0.1) is 0 Å². The number of hydrogen-bond donors (Lipinski definition) is 0. The smallest absolute Gasteiger partial charge is 0.306 e. The topological polar surface area (TPSA) is 26.3 Å². The first-order chi connectivity index (χ1) is 21.1. The molecule has 0 spiro atoms. The Hall–Kier alpha value is -1.31. The average molecular weight is 607 g/mol. The van der Waals surface area contributed by atoms with Crippen LogP contribution in [-0.2, 0) is 9.53 Å². The van der Waals surface area contributed by atoms with Gasteiger partial charge in [0.15, 0.2) is 0 Å². The second kappa shape index (κ2) is 16.5. The molecule has 0 aromatic rings. The van der Waals surface area contributed by atoms with Crippen LogP contribution in [0.2, 0.25) is 0 Å². The van der Waals surface area contributed by atoms with E-state index in [9.17, 15) is 4.79 Å². The monoisotopic (exact) mass is 607 g/mol. The quantitative estimate of drug-likeness (QED) is 0.0935. The highest BCUT2D eigenvalue weighted by molar-refractivity contribution is 5.69. The first-order valence-corrected chi connectivity index (χ1v) is 19.4. The molecule has 0 saturated heterocycles. The third-order valence-electron chi connectivity index (χ3n) is 13.3. The molecular weight excluding hydrogens is 536 g/mol. The van der Waals surface area contributed by atoms with Crippen molar-refractivity contribution < 1.29 is 9.53 Å². The first-order valence-electron chi connectivity index (χ1n) is 19.4. The summed E-state index contributed by atoms with van der Waals surface area (Å²) in [5, 5.41) is 0. The number of ether oxygens (including phenoxy) is 1. The highest BCUT2D eigenvalue weighted by Gasteiger charge is 2.57. The van der Waals surface area contributed by atoms with E-state index in [4.69, 9.17) is 4.74 Å². The van der Waals surface area contributed by atoms with E-state index in [-0.39, 0.29) is 17.5 Å². The molecule has 44 heavy (non-hydrogen) atoms. The summed E-state index contributed by atoms with van der Waals surface area (Å²) in [7, 11) is 0. The van der Waals surface area contributed by atoms with E-state index >= 15 is 0 Å². The largest absolute Gasteiger partial charge is 0.462 e. The van der Waals surface area contributed by atoms with Crippen LogP contribution in [0.25, 0.3) is 0 Å². The molecule has 4 rings (SSSR count). The summed E-state index contributed by atoms with van der Waals surface area (Å²) in [6.07, 6.45) is 33.7. The van der Waals surface area contributed by atoms with Crippen molar-refractivity contribution in [3.63, 3.8) is 0 Å². The Morgan fingerprint density at radius 3 is 2.14 bits per heavy atom. The van der Waals surface area contributed by atoms with E-state index in [1.165, 1.54) is 89.9 Å². The van der Waals surface area contributed by atoms with E-state index in [1.54, 1.807) is 11.1 Å². The van der Waals surface area contributed by atoms with Crippen LogP contribution in [0.3, 0.4) is 0 Å². The van der Waals surface area contributed by atoms with E-state index in [0.717, 1.165) is 37.5 Å². The summed E-state index contributed by atoms with van der Waals surface area (Å²) in [6, 6.07) is 0. The maximum Gasteiger partial charge on any atom is 0.306 e. The summed E-state index contributed by atoms with van der Waals surface area (Å²) >= 11 is 0. The Kier molecular flexibility index (Phi) is 13.3. The fraction of sp³-hybridized carbons (Fsp3) is 0.833. The molecule has 2 unspecified atom stereocenters. The number of esters is 1. The van der Waals surface area contributed by atoms with Crippen molar-refractivity contribution in [3.05, 3.63) is 35.5 Å².